The van der Waals surface area contributed by atoms with Crippen LogP contribution < -0.4 is 9.47 Å². The van der Waals surface area contributed by atoms with Gasteiger partial charge >= 0.3 is 0 Å². The van der Waals surface area contributed by atoms with E-state index < -0.39 is 0 Å². The molecule has 0 aromatic heterocycles. The number of hydrogen-bond donors (Lipinski definition) is 0. The molecule has 0 aliphatic carbocycles. The molecule has 0 spiro atoms. The minimum atomic E-state index is 0.473. The lowest BCUT2D eigenvalue weighted by Gasteiger charge is -2.13. The summed E-state index contributed by atoms with van der Waals surface area (Å²) in [4.78, 5) is 4.53. The molecule has 0 fully saturated rings. The molecular weight excluding hydrogens is 378 g/mol. The Morgan fingerprint density at radius 3 is 2.40 bits per heavy atom. The SMILES string of the molecule is COc1cccc(C=Nc2ccc(Br)cc2)c1OCc1ccccc1. The highest BCUT2D eigenvalue weighted by atomic mass is 79.9. The molecule has 3 rings (SSSR count). The zero-order valence-electron chi connectivity index (χ0n) is 13.9. The van der Waals surface area contributed by atoms with E-state index in [1.807, 2.05) is 72.8 Å². The van der Waals surface area contributed by atoms with Crippen molar-refractivity contribution in [3.05, 3.63) is 88.4 Å². The average Bonchev–Trinajstić information content (AvgIpc) is 2.67. The summed E-state index contributed by atoms with van der Waals surface area (Å²) in [6.45, 7) is 0.473. The summed E-state index contributed by atoms with van der Waals surface area (Å²) >= 11 is 3.43. The predicted molar refractivity (Wildman–Crippen MR) is 105 cm³/mol. The molecule has 0 saturated carbocycles. The molecule has 0 aliphatic heterocycles. The van der Waals surface area contributed by atoms with Gasteiger partial charge in [-0.25, -0.2) is 0 Å². The van der Waals surface area contributed by atoms with Gasteiger partial charge in [0.15, 0.2) is 11.5 Å². The molecule has 0 aliphatic rings. The lowest BCUT2D eigenvalue weighted by Crippen LogP contribution is -2.00. The average molecular weight is 396 g/mol. The number of ether oxygens (including phenoxy) is 2. The maximum Gasteiger partial charge on any atom is 0.170 e. The van der Waals surface area contributed by atoms with Gasteiger partial charge in [0.1, 0.15) is 6.61 Å². The Hall–Kier alpha value is -2.59. The first-order valence-corrected chi connectivity index (χ1v) is 8.69. The van der Waals surface area contributed by atoms with E-state index in [4.69, 9.17) is 9.47 Å². The number of halogens is 1. The fourth-order valence-electron chi connectivity index (χ4n) is 2.35. The quantitative estimate of drug-likeness (QED) is 0.494. The third-order valence-electron chi connectivity index (χ3n) is 3.63. The molecule has 4 heteroatoms. The minimum Gasteiger partial charge on any atom is -0.493 e. The highest BCUT2D eigenvalue weighted by molar-refractivity contribution is 9.10. The van der Waals surface area contributed by atoms with Crippen molar-refractivity contribution >= 4 is 27.8 Å². The molecule has 3 aromatic rings. The lowest BCUT2D eigenvalue weighted by molar-refractivity contribution is 0.284. The maximum atomic E-state index is 6.03. The zero-order chi connectivity index (χ0) is 17.5. The van der Waals surface area contributed by atoms with Crippen molar-refractivity contribution in [2.45, 2.75) is 6.61 Å². The Balaban J connectivity index is 1.84. The van der Waals surface area contributed by atoms with Gasteiger partial charge in [-0.3, -0.25) is 4.99 Å². The van der Waals surface area contributed by atoms with E-state index in [-0.39, 0.29) is 0 Å². The predicted octanol–water partition coefficient (Wildman–Crippen LogP) is 5.79. The minimum absolute atomic E-state index is 0.473. The molecule has 0 heterocycles. The third-order valence-corrected chi connectivity index (χ3v) is 4.16. The standard InChI is InChI=1S/C21H18BrNO2/c1-24-20-9-5-8-17(14-23-19-12-10-18(22)11-13-19)21(20)25-15-16-6-3-2-4-7-16/h2-14H,15H2,1H3. The Labute approximate surface area is 156 Å². The fourth-order valence-corrected chi connectivity index (χ4v) is 2.61. The van der Waals surface area contributed by atoms with Crippen molar-refractivity contribution in [1.82, 2.24) is 0 Å². The molecule has 3 nitrogen and oxygen atoms in total. The number of benzene rings is 3. The van der Waals surface area contributed by atoms with E-state index in [0.29, 0.717) is 18.1 Å². The topological polar surface area (TPSA) is 30.8 Å². The number of para-hydroxylation sites is 1. The van der Waals surface area contributed by atoms with Crippen molar-refractivity contribution in [3.8, 4) is 11.5 Å². The van der Waals surface area contributed by atoms with E-state index in [1.165, 1.54) is 0 Å². The number of aliphatic imine (C=N–C) groups is 1. The molecule has 0 atom stereocenters. The van der Waals surface area contributed by atoms with Gasteiger partial charge in [0.2, 0.25) is 0 Å². The smallest absolute Gasteiger partial charge is 0.170 e. The van der Waals surface area contributed by atoms with Crippen LogP contribution in [0.5, 0.6) is 11.5 Å². The van der Waals surface area contributed by atoms with Gasteiger partial charge in [-0.1, -0.05) is 52.3 Å². The number of methoxy groups -OCH3 is 1. The summed E-state index contributed by atoms with van der Waals surface area (Å²) in [5, 5.41) is 0. The monoisotopic (exact) mass is 395 g/mol. The van der Waals surface area contributed by atoms with Gasteiger partial charge in [0.05, 0.1) is 12.8 Å². The van der Waals surface area contributed by atoms with E-state index in [0.717, 1.165) is 21.3 Å². The van der Waals surface area contributed by atoms with Crippen LogP contribution in [0.15, 0.2) is 82.3 Å². The van der Waals surface area contributed by atoms with Crippen LogP contribution in [0.2, 0.25) is 0 Å². The molecule has 0 bridgehead atoms. The van der Waals surface area contributed by atoms with Crippen molar-refractivity contribution in [1.29, 1.82) is 0 Å². The third kappa shape index (κ3) is 4.70. The molecular formula is C21H18BrNO2. The van der Waals surface area contributed by atoms with Crippen LogP contribution in [0.1, 0.15) is 11.1 Å². The van der Waals surface area contributed by atoms with Crippen LogP contribution in [-0.4, -0.2) is 13.3 Å². The van der Waals surface area contributed by atoms with Crippen molar-refractivity contribution in [2.75, 3.05) is 7.11 Å². The molecule has 0 unspecified atom stereocenters. The summed E-state index contributed by atoms with van der Waals surface area (Å²) < 4.78 is 12.5. The number of nitrogens with zero attached hydrogens (tertiary/aromatic N) is 1. The second-order valence-corrected chi connectivity index (χ2v) is 6.30. The van der Waals surface area contributed by atoms with Crippen LogP contribution in [-0.2, 0) is 6.61 Å². The first-order chi connectivity index (χ1) is 12.3. The summed E-state index contributed by atoms with van der Waals surface area (Å²) in [7, 11) is 1.64. The van der Waals surface area contributed by atoms with E-state index in [2.05, 4.69) is 20.9 Å². The van der Waals surface area contributed by atoms with Crippen LogP contribution >= 0.6 is 15.9 Å². The summed E-state index contributed by atoms with van der Waals surface area (Å²) in [5.41, 5.74) is 2.85. The van der Waals surface area contributed by atoms with Gasteiger partial charge < -0.3 is 9.47 Å². The Morgan fingerprint density at radius 2 is 1.68 bits per heavy atom. The van der Waals surface area contributed by atoms with Gasteiger partial charge in [-0.2, -0.15) is 0 Å². The Morgan fingerprint density at radius 1 is 0.920 bits per heavy atom. The molecule has 126 valence electrons. The summed E-state index contributed by atoms with van der Waals surface area (Å²) in [5.74, 6) is 1.38. The zero-order valence-corrected chi connectivity index (χ0v) is 15.4. The number of hydrogen-bond acceptors (Lipinski definition) is 3. The molecule has 3 aromatic carbocycles. The summed E-state index contributed by atoms with van der Waals surface area (Å²) in [6, 6.07) is 23.7. The summed E-state index contributed by atoms with van der Waals surface area (Å²) in [6.07, 6.45) is 1.80. The van der Waals surface area contributed by atoms with Crippen LogP contribution in [0.4, 0.5) is 5.69 Å². The molecule has 0 N–H and O–H groups in total. The first-order valence-electron chi connectivity index (χ1n) is 7.89. The number of rotatable bonds is 6. The second kappa shape index (κ2) is 8.49. The Kier molecular flexibility index (Phi) is 5.86. The van der Waals surface area contributed by atoms with E-state index in [1.54, 1.807) is 13.3 Å². The van der Waals surface area contributed by atoms with Gasteiger partial charge in [0.25, 0.3) is 0 Å². The van der Waals surface area contributed by atoms with Crippen molar-refractivity contribution in [3.63, 3.8) is 0 Å². The van der Waals surface area contributed by atoms with Crippen molar-refractivity contribution in [2.24, 2.45) is 4.99 Å². The second-order valence-electron chi connectivity index (χ2n) is 5.39. The van der Waals surface area contributed by atoms with Gasteiger partial charge in [-0.15, -0.1) is 0 Å². The van der Waals surface area contributed by atoms with Gasteiger partial charge in [-0.05, 0) is 42.0 Å². The molecule has 25 heavy (non-hydrogen) atoms. The van der Waals surface area contributed by atoms with E-state index >= 15 is 0 Å². The molecule has 0 amide bonds. The fraction of sp³-hybridized carbons (Fsp3) is 0.0952. The van der Waals surface area contributed by atoms with Gasteiger partial charge in [0, 0.05) is 16.3 Å². The first kappa shape index (κ1) is 17.2. The molecule has 0 radical (unpaired) electrons. The van der Waals surface area contributed by atoms with Crippen LogP contribution in [0.25, 0.3) is 0 Å². The highest BCUT2D eigenvalue weighted by Gasteiger charge is 2.09. The normalized spacial score (nSPS) is 10.8. The van der Waals surface area contributed by atoms with Crippen LogP contribution in [0, 0.1) is 0 Å². The van der Waals surface area contributed by atoms with Crippen LogP contribution in [0.3, 0.4) is 0 Å². The maximum absolute atomic E-state index is 6.03. The lowest BCUT2D eigenvalue weighted by atomic mass is 10.2. The van der Waals surface area contributed by atoms with Crippen molar-refractivity contribution < 1.29 is 9.47 Å². The highest BCUT2D eigenvalue weighted by Crippen LogP contribution is 2.31. The molecule has 0 saturated heterocycles. The largest absolute Gasteiger partial charge is 0.493 e. The Bertz CT molecular complexity index is 846. The van der Waals surface area contributed by atoms with E-state index in [9.17, 15) is 0 Å².